The lowest BCUT2D eigenvalue weighted by Crippen LogP contribution is -2.49. The fourth-order valence-electron chi connectivity index (χ4n) is 4.12. The van der Waals surface area contributed by atoms with Crippen molar-refractivity contribution >= 4 is 17.9 Å². The standard InChI is InChI=1S/C16H22O7/c1-8(17)13(18)21-9(2)14(19)23-16-5-10-3-11(6-16)15(20)22-12(4-10)7-16/h8-12,17H,3-7H2,1-2H3. The second-order valence-corrected chi connectivity index (χ2v) is 7.06. The molecule has 0 amide bonds. The van der Waals surface area contributed by atoms with Crippen LogP contribution in [0.2, 0.25) is 0 Å². The number of hydrogen-bond donors (Lipinski definition) is 1. The number of ether oxygens (including phenoxy) is 3. The van der Waals surface area contributed by atoms with E-state index in [0.717, 1.165) is 19.3 Å². The molecule has 0 aromatic carbocycles. The van der Waals surface area contributed by atoms with E-state index in [9.17, 15) is 14.4 Å². The van der Waals surface area contributed by atoms with Gasteiger partial charge in [0.2, 0.25) is 0 Å². The molecule has 0 aromatic rings. The number of hydrogen-bond acceptors (Lipinski definition) is 7. The monoisotopic (exact) mass is 326 g/mol. The van der Waals surface area contributed by atoms with Gasteiger partial charge in [0.25, 0.3) is 0 Å². The van der Waals surface area contributed by atoms with Crippen LogP contribution in [-0.2, 0) is 28.6 Å². The van der Waals surface area contributed by atoms with Gasteiger partial charge in [0.15, 0.2) is 6.10 Å². The van der Waals surface area contributed by atoms with E-state index in [0.29, 0.717) is 18.8 Å². The molecule has 1 N–H and O–H groups in total. The molecule has 0 radical (unpaired) electrons. The van der Waals surface area contributed by atoms with E-state index in [1.807, 2.05) is 0 Å². The molecule has 4 fully saturated rings. The van der Waals surface area contributed by atoms with Gasteiger partial charge in [0.1, 0.15) is 17.8 Å². The Labute approximate surface area is 134 Å². The average Bonchev–Trinajstić information content (AvgIpc) is 2.60. The number of carbonyl (C=O) groups excluding carboxylic acids is 3. The largest absolute Gasteiger partial charge is 0.462 e. The number of aliphatic hydroxyl groups excluding tert-OH is 1. The molecule has 6 unspecified atom stereocenters. The van der Waals surface area contributed by atoms with E-state index >= 15 is 0 Å². The summed E-state index contributed by atoms with van der Waals surface area (Å²) in [6.07, 6.45) is 0.740. The fraction of sp³-hybridized carbons (Fsp3) is 0.812. The molecular weight excluding hydrogens is 304 g/mol. The topological polar surface area (TPSA) is 99.1 Å². The van der Waals surface area contributed by atoms with Gasteiger partial charge in [0.05, 0.1) is 5.92 Å². The molecule has 7 heteroatoms. The molecular formula is C16H22O7. The summed E-state index contributed by atoms with van der Waals surface area (Å²) in [5.41, 5.74) is -0.703. The molecule has 4 aliphatic rings. The maximum atomic E-state index is 12.3. The molecule has 2 aliphatic heterocycles. The molecule has 0 aromatic heterocycles. The van der Waals surface area contributed by atoms with E-state index in [1.54, 1.807) is 0 Å². The first-order valence-corrected chi connectivity index (χ1v) is 8.10. The molecule has 4 rings (SSSR count). The minimum atomic E-state index is -1.29. The van der Waals surface area contributed by atoms with Crippen LogP contribution in [0, 0.1) is 11.8 Å². The van der Waals surface area contributed by atoms with Gasteiger partial charge in [-0.15, -0.1) is 0 Å². The first-order chi connectivity index (χ1) is 10.8. The predicted octanol–water partition coefficient (Wildman–Crippen LogP) is 0.716. The molecule has 2 aliphatic carbocycles. The van der Waals surface area contributed by atoms with Crippen molar-refractivity contribution in [1.29, 1.82) is 0 Å². The summed E-state index contributed by atoms with van der Waals surface area (Å²) >= 11 is 0. The molecule has 4 bridgehead atoms. The summed E-state index contributed by atoms with van der Waals surface area (Å²) in [5, 5.41) is 9.14. The first kappa shape index (κ1) is 16.2. The zero-order valence-corrected chi connectivity index (χ0v) is 13.3. The Morgan fingerprint density at radius 1 is 1.22 bits per heavy atom. The van der Waals surface area contributed by atoms with Crippen LogP contribution in [0.5, 0.6) is 0 Å². The van der Waals surface area contributed by atoms with Gasteiger partial charge in [-0.05, 0) is 39.0 Å². The number of rotatable bonds is 4. The van der Waals surface area contributed by atoms with E-state index in [-0.39, 0.29) is 18.0 Å². The minimum absolute atomic E-state index is 0.191. The molecule has 7 nitrogen and oxygen atoms in total. The average molecular weight is 326 g/mol. The van der Waals surface area contributed by atoms with Crippen LogP contribution in [0.25, 0.3) is 0 Å². The van der Waals surface area contributed by atoms with Crippen LogP contribution in [0.15, 0.2) is 0 Å². The number of carbonyl (C=O) groups is 3. The van der Waals surface area contributed by atoms with Crippen LogP contribution >= 0.6 is 0 Å². The van der Waals surface area contributed by atoms with E-state index in [4.69, 9.17) is 19.3 Å². The Hall–Kier alpha value is -1.63. The van der Waals surface area contributed by atoms with Crippen molar-refractivity contribution in [3.63, 3.8) is 0 Å². The molecule has 2 saturated heterocycles. The SMILES string of the molecule is CC(O)C(=O)OC(C)C(=O)OC12CC3CC(C1)OC(=O)C(C3)C2. The third-order valence-electron chi connectivity index (χ3n) is 4.99. The lowest BCUT2D eigenvalue weighted by atomic mass is 9.65. The molecule has 128 valence electrons. The smallest absolute Gasteiger partial charge is 0.347 e. The van der Waals surface area contributed by atoms with Crippen LogP contribution < -0.4 is 0 Å². The van der Waals surface area contributed by atoms with Gasteiger partial charge in [-0.3, -0.25) is 4.79 Å². The Balaban J connectivity index is 1.68. The highest BCUT2D eigenvalue weighted by Crippen LogP contribution is 2.51. The zero-order chi connectivity index (χ0) is 16.8. The van der Waals surface area contributed by atoms with Gasteiger partial charge < -0.3 is 19.3 Å². The van der Waals surface area contributed by atoms with Gasteiger partial charge in [-0.2, -0.15) is 0 Å². The second-order valence-electron chi connectivity index (χ2n) is 7.06. The van der Waals surface area contributed by atoms with Gasteiger partial charge in [-0.25, -0.2) is 9.59 Å². The van der Waals surface area contributed by atoms with Crippen molar-refractivity contribution < 1.29 is 33.7 Å². The minimum Gasteiger partial charge on any atom is -0.462 e. The number of fused-ring (bicyclic) bond motifs is 1. The quantitative estimate of drug-likeness (QED) is 0.600. The van der Waals surface area contributed by atoms with Crippen LogP contribution in [-0.4, -0.2) is 46.9 Å². The lowest BCUT2D eigenvalue weighted by Gasteiger charge is -2.45. The summed E-state index contributed by atoms with van der Waals surface area (Å²) < 4.78 is 16.0. The summed E-state index contributed by atoms with van der Waals surface area (Å²) in [5.74, 6) is -1.60. The van der Waals surface area contributed by atoms with E-state index < -0.39 is 29.7 Å². The zero-order valence-electron chi connectivity index (χ0n) is 13.3. The van der Waals surface area contributed by atoms with Crippen molar-refractivity contribution in [2.45, 2.75) is 69.9 Å². The number of aliphatic hydroxyl groups is 1. The van der Waals surface area contributed by atoms with Crippen LogP contribution in [0.3, 0.4) is 0 Å². The third-order valence-corrected chi connectivity index (χ3v) is 4.99. The van der Waals surface area contributed by atoms with Crippen molar-refractivity contribution in [3.05, 3.63) is 0 Å². The van der Waals surface area contributed by atoms with Gasteiger partial charge in [0, 0.05) is 12.8 Å². The van der Waals surface area contributed by atoms with E-state index in [2.05, 4.69) is 0 Å². The van der Waals surface area contributed by atoms with Crippen LogP contribution in [0.1, 0.15) is 46.0 Å². The highest BCUT2D eigenvalue weighted by atomic mass is 16.6. The lowest BCUT2D eigenvalue weighted by molar-refractivity contribution is -0.190. The maximum absolute atomic E-state index is 12.3. The molecule has 23 heavy (non-hydrogen) atoms. The van der Waals surface area contributed by atoms with Crippen molar-refractivity contribution in [2.75, 3.05) is 0 Å². The highest BCUT2D eigenvalue weighted by molar-refractivity contribution is 5.81. The molecule has 2 saturated carbocycles. The van der Waals surface area contributed by atoms with Crippen molar-refractivity contribution in [1.82, 2.24) is 0 Å². The third kappa shape index (κ3) is 3.20. The second kappa shape index (κ2) is 5.78. The fourth-order valence-corrected chi connectivity index (χ4v) is 4.12. The number of esters is 3. The Morgan fingerprint density at radius 2 is 1.96 bits per heavy atom. The molecule has 0 spiro atoms. The Morgan fingerprint density at radius 3 is 2.65 bits per heavy atom. The Kier molecular flexibility index (Phi) is 4.08. The normalized spacial score (nSPS) is 37.5. The molecule has 2 heterocycles. The maximum Gasteiger partial charge on any atom is 0.347 e. The highest BCUT2D eigenvalue weighted by Gasteiger charge is 2.55. The van der Waals surface area contributed by atoms with Gasteiger partial charge in [-0.1, -0.05) is 0 Å². The summed E-state index contributed by atoms with van der Waals surface area (Å²) in [6, 6.07) is 0. The Bertz CT molecular complexity index is 529. The van der Waals surface area contributed by atoms with E-state index in [1.165, 1.54) is 13.8 Å². The first-order valence-electron chi connectivity index (χ1n) is 8.10. The predicted molar refractivity (Wildman–Crippen MR) is 76.0 cm³/mol. The van der Waals surface area contributed by atoms with Crippen molar-refractivity contribution in [2.24, 2.45) is 11.8 Å². The molecule has 6 atom stereocenters. The summed E-state index contributed by atoms with van der Waals surface area (Å²) in [4.78, 5) is 35.6. The van der Waals surface area contributed by atoms with Gasteiger partial charge >= 0.3 is 17.9 Å². The summed E-state index contributed by atoms with van der Waals surface area (Å²) in [6.45, 7) is 2.69. The van der Waals surface area contributed by atoms with Crippen LogP contribution in [0.4, 0.5) is 0 Å². The van der Waals surface area contributed by atoms with Crippen molar-refractivity contribution in [3.8, 4) is 0 Å². The summed E-state index contributed by atoms with van der Waals surface area (Å²) in [7, 11) is 0.